The quantitative estimate of drug-likeness (QED) is 0.488. The lowest BCUT2D eigenvalue weighted by Gasteiger charge is -2.45. The Morgan fingerprint density at radius 1 is 1.24 bits per heavy atom. The molecule has 5 nitrogen and oxygen atoms in total. The van der Waals surface area contributed by atoms with Crippen molar-refractivity contribution in [1.29, 1.82) is 0 Å². The second-order valence-corrected chi connectivity index (χ2v) is 6.51. The van der Waals surface area contributed by atoms with Crippen LogP contribution in [0, 0.1) is 0 Å². The molecule has 3 N–H and O–H groups in total. The molecule has 0 spiro atoms. The van der Waals surface area contributed by atoms with Crippen molar-refractivity contribution in [1.82, 2.24) is 15.2 Å². The third-order valence-corrected chi connectivity index (χ3v) is 4.35. The van der Waals surface area contributed by atoms with Crippen molar-refractivity contribution in [3.63, 3.8) is 0 Å². The summed E-state index contributed by atoms with van der Waals surface area (Å²) < 4.78 is 0. The number of piperazine rings is 1. The number of carbonyl (C=O) groups excluding carboxylic acids is 1. The van der Waals surface area contributed by atoms with Crippen LogP contribution in [-0.4, -0.2) is 47.9 Å². The minimum absolute atomic E-state index is 0.163. The third kappa shape index (κ3) is 4.27. The maximum absolute atomic E-state index is 11.2. The zero-order chi connectivity index (χ0) is 15.5. The van der Waals surface area contributed by atoms with Gasteiger partial charge in [0.1, 0.15) is 0 Å². The summed E-state index contributed by atoms with van der Waals surface area (Å²) in [6.07, 6.45) is 0.332. The van der Waals surface area contributed by atoms with Crippen LogP contribution in [0.5, 0.6) is 0 Å². The van der Waals surface area contributed by atoms with E-state index in [9.17, 15) is 4.79 Å². The fourth-order valence-electron chi connectivity index (χ4n) is 2.73. The molecule has 0 aliphatic carbocycles. The number of benzene rings is 1. The molecule has 1 aliphatic rings. The van der Waals surface area contributed by atoms with Crippen molar-refractivity contribution in [3.8, 4) is 0 Å². The smallest absolute Gasteiger partial charge is 0.238 e. The molecule has 0 aromatic heterocycles. The molecule has 116 valence electrons. The molecule has 1 aromatic carbocycles. The number of hydrazine groups is 1. The maximum atomic E-state index is 11.2. The van der Waals surface area contributed by atoms with Crippen LogP contribution < -0.4 is 11.3 Å². The number of carbonyl (C=O) groups is 1. The second-order valence-electron chi connectivity index (χ2n) is 6.51. The highest BCUT2D eigenvalue weighted by molar-refractivity contribution is 5.77. The molecule has 1 fully saturated rings. The van der Waals surface area contributed by atoms with Crippen LogP contribution in [0.2, 0.25) is 0 Å². The lowest BCUT2D eigenvalue weighted by Crippen LogP contribution is -2.57. The Bertz CT molecular complexity index is 484. The SMILES string of the molecule is CN1CCN(Cc2ccc(CC(=O)NN)cc2)CC1(C)C. The van der Waals surface area contributed by atoms with E-state index in [0.29, 0.717) is 6.42 Å². The first-order valence-corrected chi connectivity index (χ1v) is 7.41. The minimum Gasteiger partial charge on any atom is -0.299 e. The summed E-state index contributed by atoms with van der Waals surface area (Å²) in [5.41, 5.74) is 4.65. The molecular weight excluding hydrogens is 264 g/mol. The predicted molar refractivity (Wildman–Crippen MR) is 84.5 cm³/mol. The van der Waals surface area contributed by atoms with E-state index in [1.807, 2.05) is 12.1 Å². The standard InChI is InChI=1S/C16H26N4O/c1-16(2)12-20(9-8-19(16)3)11-14-6-4-13(5-7-14)10-15(21)18-17/h4-7H,8-12,17H2,1-3H3,(H,18,21). The maximum Gasteiger partial charge on any atom is 0.238 e. The molecule has 1 amide bonds. The Morgan fingerprint density at radius 2 is 1.86 bits per heavy atom. The summed E-state index contributed by atoms with van der Waals surface area (Å²) in [5, 5.41) is 0. The number of likely N-dealkylation sites (N-methyl/N-ethyl adjacent to an activating group) is 1. The van der Waals surface area contributed by atoms with Crippen molar-refractivity contribution >= 4 is 5.91 Å². The van der Waals surface area contributed by atoms with Crippen molar-refractivity contribution in [3.05, 3.63) is 35.4 Å². The summed E-state index contributed by atoms with van der Waals surface area (Å²) in [4.78, 5) is 16.1. The first-order valence-electron chi connectivity index (χ1n) is 7.41. The van der Waals surface area contributed by atoms with E-state index in [1.165, 1.54) is 5.56 Å². The molecule has 5 heteroatoms. The molecule has 2 rings (SSSR count). The first-order chi connectivity index (χ1) is 9.90. The van der Waals surface area contributed by atoms with Crippen LogP contribution in [0.1, 0.15) is 25.0 Å². The molecule has 1 heterocycles. The van der Waals surface area contributed by atoms with Crippen molar-refractivity contribution < 1.29 is 4.79 Å². The van der Waals surface area contributed by atoms with Crippen LogP contribution in [-0.2, 0) is 17.8 Å². The molecule has 1 saturated heterocycles. The van der Waals surface area contributed by atoms with E-state index >= 15 is 0 Å². The Morgan fingerprint density at radius 3 is 2.43 bits per heavy atom. The Kier molecular flexibility index (Phi) is 4.98. The van der Waals surface area contributed by atoms with E-state index in [1.54, 1.807) is 0 Å². The fourth-order valence-corrected chi connectivity index (χ4v) is 2.73. The number of nitrogens with two attached hydrogens (primary N) is 1. The van der Waals surface area contributed by atoms with Crippen LogP contribution in [0.25, 0.3) is 0 Å². The van der Waals surface area contributed by atoms with Gasteiger partial charge in [0.15, 0.2) is 0 Å². The fraction of sp³-hybridized carbons (Fsp3) is 0.562. The highest BCUT2D eigenvalue weighted by Gasteiger charge is 2.30. The van der Waals surface area contributed by atoms with Gasteiger partial charge in [-0.15, -0.1) is 0 Å². The van der Waals surface area contributed by atoms with E-state index in [-0.39, 0.29) is 11.4 Å². The number of hydrogen-bond donors (Lipinski definition) is 2. The molecule has 0 bridgehead atoms. The number of hydrogen-bond acceptors (Lipinski definition) is 4. The van der Waals surface area contributed by atoms with Gasteiger partial charge in [0.05, 0.1) is 6.42 Å². The van der Waals surface area contributed by atoms with Gasteiger partial charge in [-0.25, -0.2) is 5.84 Å². The minimum atomic E-state index is -0.163. The molecule has 0 radical (unpaired) electrons. The molecule has 0 unspecified atom stereocenters. The topological polar surface area (TPSA) is 61.6 Å². The Labute approximate surface area is 127 Å². The zero-order valence-electron chi connectivity index (χ0n) is 13.2. The molecule has 21 heavy (non-hydrogen) atoms. The van der Waals surface area contributed by atoms with E-state index in [0.717, 1.165) is 31.7 Å². The molecule has 1 aromatic rings. The number of rotatable bonds is 4. The Balaban J connectivity index is 1.93. The predicted octanol–water partition coefficient (Wildman–Crippen LogP) is 0.745. The number of nitrogens with zero attached hydrogens (tertiary/aromatic N) is 2. The highest BCUT2D eigenvalue weighted by atomic mass is 16.2. The normalized spacial score (nSPS) is 19.4. The molecular formula is C16H26N4O. The van der Waals surface area contributed by atoms with Gasteiger partial charge < -0.3 is 0 Å². The summed E-state index contributed by atoms with van der Waals surface area (Å²) in [6.45, 7) is 8.79. The number of nitrogens with one attached hydrogen (secondary N) is 1. The van der Waals surface area contributed by atoms with Crippen molar-refractivity contribution in [2.24, 2.45) is 5.84 Å². The molecule has 0 atom stereocenters. The molecule has 1 aliphatic heterocycles. The van der Waals surface area contributed by atoms with Gasteiger partial charge >= 0.3 is 0 Å². The first kappa shape index (κ1) is 15.9. The van der Waals surface area contributed by atoms with Gasteiger partial charge in [-0.05, 0) is 32.0 Å². The van der Waals surface area contributed by atoms with Gasteiger partial charge in [-0.3, -0.25) is 20.0 Å². The monoisotopic (exact) mass is 290 g/mol. The lowest BCUT2D eigenvalue weighted by molar-refractivity contribution is -0.120. The van der Waals surface area contributed by atoms with Crippen molar-refractivity contribution in [2.75, 3.05) is 26.7 Å². The summed E-state index contributed by atoms with van der Waals surface area (Å²) >= 11 is 0. The van der Waals surface area contributed by atoms with Gasteiger partial charge in [-0.1, -0.05) is 24.3 Å². The average Bonchev–Trinajstić information content (AvgIpc) is 2.44. The second kappa shape index (κ2) is 6.56. The van der Waals surface area contributed by atoms with Crippen LogP contribution in [0.15, 0.2) is 24.3 Å². The average molecular weight is 290 g/mol. The largest absolute Gasteiger partial charge is 0.299 e. The van der Waals surface area contributed by atoms with E-state index in [2.05, 4.69) is 48.3 Å². The van der Waals surface area contributed by atoms with Gasteiger partial charge in [0, 0.05) is 31.7 Å². The summed E-state index contributed by atoms with van der Waals surface area (Å²) in [5.74, 6) is 4.94. The van der Waals surface area contributed by atoms with Crippen LogP contribution in [0.3, 0.4) is 0 Å². The highest BCUT2D eigenvalue weighted by Crippen LogP contribution is 2.20. The van der Waals surface area contributed by atoms with Gasteiger partial charge in [0.25, 0.3) is 0 Å². The summed E-state index contributed by atoms with van der Waals surface area (Å²) in [6, 6.07) is 8.21. The van der Waals surface area contributed by atoms with Crippen LogP contribution in [0.4, 0.5) is 0 Å². The van der Waals surface area contributed by atoms with E-state index < -0.39 is 0 Å². The van der Waals surface area contributed by atoms with Gasteiger partial charge in [-0.2, -0.15) is 0 Å². The summed E-state index contributed by atoms with van der Waals surface area (Å²) in [7, 11) is 2.19. The van der Waals surface area contributed by atoms with Crippen LogP contribution >= 0.6 is 0 Å². The Hall–Kier alpha value is -1.43. The molecule has 0 saturated carbocycles. The lowest BCUT2D eigenvalue weighted by atomic mass is 9.99. The van der Waals surface area contributed by atoms with Crippen molar-refractivity contribution in [2.45, 2.75) is 32.4 Å². The van der Waals surface area contributed by atoms with Gasteiger partial charge in [0.2, 0.25) is 5.91 Å². The zero-order valence-corrected chi connectivity index (χ0v) is 13.2. The third-order valence-electron chi connectivity index (χ3n) is 4.35. The number of amides is 1. The van der Waals surface area contributed by atoms with E-state index in [4.69, 9.17) is 5.84 Å².